The Kier molecular flexibility index (Phi) is 4.75. The molecule has 2 fully saturated rings. The first-order chi connectivity index (χ1) is 11.0. The van der Waals surface area contributed by atoms with Gasteiger partial charge in [0.1, 0.15) is 0 Å². The number of sulfone groups is 1. The van der Waals surface area contributed by atoms with Crippen LogP contribution in [-0.2, 0) is 14.6 Å². The minimum absolute atomic E-state index is 0.0588. The molecule has 1 atom stereocenters. The van der Waals surface area contributed by atoms with Gasteiger partial charge in [-0.25, -0.2) is 8.42 Å². The van der Waals surface area contributed by atoms with E-state index < -0.39 is 9.84 Å². The first kappa shape index (κ1) is 16.1. The van der Waals surface area contributed by atoms with Crippen molar-refractivity contribution in [3.63, 3.8) is 0 Å². The van der Waals surface area contributed by atoms with E-state index in [0.717, 1.165) is 18.8 Å². The Labute approximate surface area is 137 Å². The molecule has 23 heavy (non-hydrogen) atoms. The van der Waals surface area contributed by atoms with Crippen LogP contribution in [0.4, 0.5) is 11.4 Å². The van der Waals surface area contributed by atoms with E-state index in [4.69, 9.17) is 0 Å². The van der Waals surface area contributed by atoms with E-state index in [1.54, 1.807) is 0 Å². The van der Waals surface area contributed by atoms with Crippen molar-refractivity contribution in [3.05, 3.63) is 24.3 Å². The first-order valence-electron chi connectivity index (χ1n) is 8.10. The Hall–Kier alpha value is -1.76. The second kappa shape index (κ2) is 6.78. The molecule has 2 saturated heterocycles. The van der Waals surface area contributed by atoms with Gasteiger partial charge in [-0.1, -0.05) is 0 Å². The predicted octanol–water partition coefficient (Wildman–Crippen LogP) is 1.00. The van der Waals surface area contributed by atoms with Crippen molar-refractivity contribution >= 4 is 27.1 Å². The molecule has 7 heteroatoms. The van der Waals surface area contributed by atoms with Gasteiger partial charge in [-0.05, 0) is 43.5 Å². The fourth-order valence-corrected chi connectivity index (χ4v) is 4.81. The average molecular weight is 337 g/mol. The molecule has 0 aliphatic carbocycles. The van der Waals surface area contributed by atoms with Crippen LogP contribution in [0, 0.1) is 0 Å². The van der Waals surface area contributed by atoms with Crippen LogP contribution in [-0.4, -0.2) is 51.5 Å². The number of carbonyl (C=O) groups is 1. The molecule has 1 aromatic rings. The zero-order valence-electron chi connectivity index (χ0n) is 13.1. The fourth-order valence-electron chi connectivity index (χ4n) is 3.14. The molecule has 126 valence electrons. The molecule has 0 saturated carbocycles. The number of anilines is 2. The summed E-state index contributed by atoms with van der Waals surface area (Å²) in [6, 6.07) is 7.83. The molecule has 1 aromatic carbocycles. The summed E-state index contributed by atoms with van der Waals surface area (Å²) < 4.78 is 22.7. The summed E-state index contributed by atoms with van der Waals surface area (Å²) in [4.78, 5) is 14.2. The Morgan fingerprint density at radius 3 is 2.48 bits per heavy atom. The van der Waals surface area contributed by atoms with Gasteiger partial charge in [-0.3, -0.25) is 4.79 Å². The molecule has 0 aromatic heterocycles. The summed E-state index contributed by atoms with van der Waals surface area (Å²) in [5, 5.41) is 5.85. The Morgan fingerprint density at radius 2 is 1.87 bits per heavy atom. The van der Waals surface area contributed by atoms with Gasteiger partial charge in [-0.2, -0.15) is 0 Å². The number of rotatable bonds is 5. The number of nitrogens with zero attached hydrogens (tertiary/aromatic N) is 1. The lowest BCUT2D eigenvalue weighted by Gasteiger charge is -2.18. The van der Waals surface area contributed by atoms with E-state index >= 15 is 0 Å². The lowest BCUT2D eigenvalue weighted by molar-refractivity contribution is -0.119. The van der Waals surface area contributed by atoms with Crippen molar-refractivity contribution in [1.82, 2.24) is 5.32 Å². The van der Waals surface area contributed by atoms with Gasteiger partial charge >= 0.3 is 0 Å². The Bertz CT molecular complexity index is 652. The smallest absolute Gasteiger partial charge is 0.239 e. The van der Waals surface area contributed by atoms with E-state index in [9.17, 15) is 13.2 Å². The molecule has 0 bridgehead atoms. The Balaban J connectivity index is 1.45. The number of carbonyl (C=O) groups excluding carboxylic acids is 1. The van der Waals surface area contributed by atoms with Crippen LogP contribution in [0.2, 0.25) is 0 Å². The van der Waals surface area contributed by atoms with Crippen LogP contribution in [0.25, 0.3) is 0 Å². The van der Waals surface area contributed by atoms with Gasteiger partial charge in [0, 0.05) is 30.5 Å². The van der Waals surface area contributed by atoms with Crippen LogP contribution in [0.3, 0.4) is 0 Å². The highest BCUT2D eigenvalue weighted by Crippen LogP contribution is 2.21. The molecule has 1 unspecified atom stereocenters. The number of hydrogen-bond donors (Lipinski definition) is 2. The van der Waals surface area contributed by atoms with Crippen molar-refractivity contribution in [3.8, 4) is 0 Å². The van der Waals surface area contributed by atoms with Crippen molar-refractivity contribution < 1.29 is 13.2 Å². The summed E-state index contributed by atoms with van der Waals surface area (Å²) in [6.07, 6.45) is 3.01. The molecular weight excluding hydrogens is 314 g/mol. The number of amides is 1. The third-order valence-corrected chi connectivity index (χ3v) is 6.16. The highest BCUT2D eigenvalue weighted by Gasteiger charge is 2.28. The van der Waals surface area contributed by atoms with Gasteiger partial charge in [0.15, 0.2) is 9.84 Å². The van der Waals surface area contributed by atoms with Crippen molar-refractivity contribution in [2.75, 3.05) is 41.4 Å². The second-order valence-corrected chi connectivity index (χ2v) is 8.49. The first-order valence-corrected chi connectivity index (χ1v) is 9.93. The minimum Gasteiger partial charge on any atom is -0.376 e. The molecule has 2 aliphatic rings. The van der Waals surface area contributed by atoms with Crippen LogP contribution >= 0.6 is 0 Å². The minimum atomic E-state index is -2.96. The van der Waals surface area contributed by atoms with Crippen molar-refractivity contribution in [1.29, 1.82) is 0 Å². The predicted molar refractivity (Wildman–Crippen MR) is 91.6 cm³/mol. The molecular formula is C16H23N3O3S. The molecule has 1 amide bonds. The zero-order chi connectivity index (χ0) is 16.3. The van der Waals surface area contributed by atoms with Gasteiger partial charge in [0.25, 0.3) is 0 Å². The van der Waals surface area contributed by atoms with Gasteiger partial charge in [0.05, 0.1) is 18.1 Å². The van der Waals surface area contributed by atoms with Crippen LogP contribution in [0.1, 0.15) is 19.3 Å². The molecule has 2 aliphatic heterocycles. The average Bonchev–Trinajstić information content (AvgIpc) is 3.15. The maximum Gasteiger partial charge on any atom is 0.239 e. The van der Waals surface area contributed by atoms with E-state index in [1.807, 2.05) is 12.1 Å². The SMILES string of the molecule is O=C(CNc1ccc(N2CCCC2)cc1)NC1CCS(=O)(=O)C1. The third-order valence-electron chi connectivity index (χ3n) is 4.39. The summed E-state index contributed by atoms with van der Waals surface area (Å²) in [6.45, 7) is 2.37. The maximum atomic E-state index is 11.9. The summed E-state index contributed by atoms with van der Waals surface area (Å²) in [5.74, 6) is 0.0581. The maximum absolute atomic E-state index is 11.9. The normalized spacial score (nSPS) is 23.0. The number of benzene rings is 1. The van der Waals surface area contributed by atoms with Crippen LogP contribution < -0.4 is 15.5 Å². The summed E-state index contributed by atoms with van der Waals surface area (Å²) in [7, 11) is -2.96. The quantitative estimate of drug-likeness (QED) is 0.838. The topological polar surface area (TPSA) is 78.5 Å². The molecule has 0 radical (unpaired) electrons. The van der Waals surface area contributed by atoms with Gasteiger partial charge in [0.2, 0.25) is 5.91 Å². The highest BCUT2D eigenvalue weighted by molar-refractivity contribution is 7.91. The highest BCUT2D eigenvalue weighted by atomic mass is 32.2. The second-order valence-electron chi connectivity index (χ2n) is 6.26. The zero-order valence-corrected chi connectivity index (χ0v) is 13.9. The molecule has 2 N–H and O–H groups in total. The van der Waals surface area contributed by atoms with E-state index in [0.29, 0.717) is 6.42 Å². The number of nitrogens with one attached hydrogen (secondary N) is 2. The molecule has 2 heterocycles. The molecule has 6 nitrogen and oxygen atoms in total. The third kappa shape index (κ3) is 4.37. The van der Waals surface area contributed by atoms with Crippen molar-refractivity contribution in [2.24, 2.45) is 0 Å². The van der Waals surface area contributed by atoms with Gasteiger partial charge < -0.3 is 15.5 Å². The summed E-state index contributed by atoms with van der Waals surface area (Å²) in [5.41, 5.74) is 2.11. The van der Waals surface area contributed by atoms with Gasteiger partial charge in [-0.15, -0.1) is 0 Å². The van der Waals surface area contributed by atoms with Crippen LogP contribution in [0.5, 0.6) is 0 Å². The monoisotopic (exact) mass is 337 g/mol. The largest absolute Gasteiger partial charge is 0.376 e. The number of hydrogen-bond acceptors (Lipinski definition) is 5. The standard InChI is InChI=1S/C16H23N3O3S/c20-16(18-14-7-10-23(21,22)12-14)11-17-13-3-5-15(6-4-13)19-8-1-2-9-19/h3-6,14,17H,1-2,7-12H2,(H,18,20). The Morgan fingerprint density at radius 1 is 1.17 bits per heavy atom. The van der Waals surface area contributed by atoms with E-state index in [-0.39, 0.29) is 30.0 Å². The van der Waals surface area contributed by atoms with E-state index in [1.165, 1.54) is 18.5 Å². The van der Waals surface area contributed by atoms with Crippen molar-refractivity contribution in [2.45, 2.75) is 25.3 Å². The van der Waals surface area contributed by atoms with Crippen LogP contribution in [0.15, 0.2) is 24.3 Å². The lowest BCUT2D eigenvalue weighted by Crippen LogP contribution is -2.39. The molecule has 3 rings (SSSR count). The summed E-state index contributed by atoms with van der Waals surface area (Å²) >= 11 is 0. The lowest BCUT2D eigenvalue weighted by atomic mass is 10.2. The van der Waals surface area contributed by atoms with E-state index in [2.05, 4.69) is 27.7 Å². The fraction of sp³-hybridized carbons (Fsp3) is 0.562. The molecule has 0 spiro atoms.